The van der Waals surface area contributed by atoms with E-state index < -0.39 is 13.4 Å². The van der Waals surface area contributed by atoms with Crippen LogP contribution in [0, 0.1) is 13.8 Å². The Balaban J connectivity index is 1.88. The van der Waals surface area contributed by atoms with E-state index in [1.54, 1.807) is 6.92 Å². The Morgan fingerprint density at radius 3 is 2.50 bits per heavy atom. The summed E-state index contributed by atoms with van der Waals surface area (Å²) in [5, 5.41) is 0. The van der Waals surface area contributed by atoms with Gasteiger partial charge in [-0.2, -0.15) is 0 Å². The van der Waals surface area contributed by atoms with E-state index in [2.05, 4.69) is 36.6 Å². The lowest BCUT2D eigenvalue weighted by atomic mass is 9.97. The Hall–Kier alpha value is -1.76. The molecular formula is C22H33N2O5P. The van der Waals surface area contributed by atoms with Crippen LogP contribution < -0.4 is 5.73 Å². The molecule has 4 N–H and O–H groups in total. The fourth-order valence-electron chi connectivity index (χ4n) is 3.34. The van der Waals surface area contributed by atoms with Gasteiger partial charge in [0.25, 0.3) is 0 Å². The number of aryl methyl sites for hydroxylation is 4. The first-order valence-corrected chi connectivity index (χ1v) is 11.6. The molecule has 0 aliphatic rings. The highest BCUT2D eigenvalue weighted by Crippen LogP contribution is 2.36. The van der Waals surface area contributed by atoms with Crippen molar-refractivity contribution >= 4 is 13.6 Å². The van der Waals surface area contributed by atoms with Crippen molar-refractivity contribution in [3.8, 4) is 0 Å². The lowest BCUT2D eigenvalue weighted by Gasteiger charge is -2.24. The van der Waals surface area contributed by atoms with Gasteiger partial charge in [-0.15, -0.1) is 0 Å². The monoisotopic (exact) mass is 436 g/mol. The molecule has 0 fully saturated rings. The van der Waals surface area contributed by atoms with Crippen molar-refractivity contribution in [2.75, 3.05) is 6.61 Å². The van der Waals surface area contributed by atoms with E-state index in [9.17, 15) is 9.36 Å². The topological polar surface area (TPSA) is 115 Å². The van der Waals surface area contributed by atoms with Crippen LogP contribution in [-0.2, 0) is 29.0 Å². The van der Waals surface area contributed by atoms with Crippen LogP contribution >= 0.6 is 7.82 Å². The fraction of sp³-hybridized carbons (Fsp3) is 0.500. The molecule has 2 rings (SSSR count). The molecule has 1 aromatic carbocycles. The van der Waals surface area contributed by atoms with E-state index >= 15 is 0 Å². The summed E-state index contributed by atoms with van der Waals surface area (Å²) in [5.74, 6) is 0.105. The first-order chi connectivity index (χ1) is 13.9. The second kappa shape index (κ2) is 10.0. The van der Waals surface area contributed by atoms with Gasteiger partial charge >= 0.3 is 7.82 Å². The number of phosphoric acid groups is 1. The molecule has 1 atom stereocenters. The molecule has 0 saturated carbocycles. The van der Waals surface area contributed by atoms with Crippen molar-refractivity contribution in [2.24, 2.45) is 12.8 Å². The van der Waals surface area contributed by atoms with E-state index in [4.69, 9.17) is 15.5 Å². The van der Waals surface area contributed by atoms with E-state index in [-0.39, 0.29) is 12.4 Å². The number of carbonyl (C=O) groups excluding carboxylic acids is 1. The van der Waals surface area contributed by atoms with Crippen LogP contribution in [0.2, 0.25) is 0 Å². The molecule has 0 bridgehead atoms. The third-order valence-corrected chi connectivity index (χ3v) is 5.93. The Labute approximate surface area is 178 Å². The zero-order valence-corrected chi connectivity index (χ0v) is 19.1. The number of nitrogens with zero attached hydrogens (tertiary/aromatic N) is 1. The van der Waals surface area contributed by atoms with Crippen molar-refractivity contribution in [3.05, 3.63) is 58.4 Å². The zero-order valence-electron chi connectivity index (χ0n) is 18.2. The summed E-state index contributed by atoms with van der Waals surface area (Å²) in [4.78, 5) is 30.3. The predicted molar refractivity (Wildman–Crippen MR) is 118 cm³/mol. The van der Waals surface area contributed by atoms with Crippen molar-refractivity contribution in [2.45, 2.75) is 58.4 Å². The molecule has 2 aromatic rings. The maximum absolute atomic E-state index is 12.7. The molecule has 1 heterocycles. The molecule has 166 valence electrons. The third kappa shape index (κ3) is 7.49. The van der Waals surface area contributed by atoms with Crippen LogP contribution in [0.4, 0.5) is 0 Å². The number of hydrogen-bond acceptors (Lipinski definition) is 4. The molecule has 1 unspecified atom stereocenters. The summed E-state index contributed by atoms with van der Waals surface area (Å²) in [7, 11) is -2.69. The van der Waals surface area contributed by atoms with Gasteiger partial charge in [0.15, 0.2) is 5.78 Å². The minimum Gasteiger partial charge on any atom is -0.345 e. The molecule has 0 saturated heterocycles. The third-order valence-electron chi connectivity index (χ3n) is 5.47. The van der Waals surface area contributed by atoms with Crippen molar-refractivity contribution in [1.29, 1.82) is 0 Å². The van der Waals surface area contributed by atoms with Crippen molar-refractivity contribution in [3.63, 3.8) is 0 Å². The smallest absolute Gasteiger partial charge is 0.345 e. The van der Waals surface area contributed by atoms with Crippen molar-refractivity contribution < 1.29 is 23.7 Å². The highest BCUT2D eigenvalue weighted by molar-refractivity contribution is 7.46. The molecule has 30 heavy (non-hydrogen) atoms. The van der Waals surface area contributed by atoms with Crippen LogP contribution in [-0.4, -0.2) is 32.3 Å². The average Bonchev–Trinajstić information content (AvgIpc) is 3.02. The normalized spacial score (nSPS) is 14.0. The molecular weight excluding hydrogens is 403 g/mol. The number of Topliss-reactive ketones (excluding diaryl/α,β-unsaturated/α-hetero) is 1. The number of ketones is 1. The number of benzene rings is 1. The number of nitrogens with two attached hydrogens (primary N) is 1. The average molecular weight is 436 g/mol. The van der Waals surface area contributed by atoms with Crippen LogP contribution in [0.25, 0.3) is 0 Å². The van der Waals surface area contributed by atoms with E-state index in [0.29, 0.717) is 25.0 Å². The summed E-state index contributed by atoms with van der Waals surface area (Å²) >= 11 is 0. The molecule has 0 spiro atoms. The Bertz CT molecular complexity index is 930. The fourth-order valence-corrected chi connectivity index (χ4v) is 3.81. The van der Waals surface area contributed by atoms with Gasteiger partial charge in [0.05, 0.1) is 12.3 Å². The van der Waals surface area contributed by atoms with E-state index in [0.717, 1.165) is 18.5 Å². The van der Waals surface area contributed by atoms with E-state index in [1.165, 1.54) is 16.7 Å². The lowest BCUT2D eigenvalue weighted by Crippen LogP contribution is -2.41. The maximum Gasteiger partial charge on any atom is 0.469 e. The SMILES string of the molecule is Cc1ccc(CCCC(=O)c2ccc(CCC(C)(N)COP(=O)(O)O)n2C)cc1C. The molecule has 8 heteroatoms. The first kappa shape index (κ1) is 24.5. The second-order valence-corrected chi connectivity index (χ2v) is 9.62. The van der Waals surface area contributed by atoms with Gasteiger partial charge in [-0.25, -0.2) is 4.57 Å². The Morgan fingerprint density at radius 1 is 1.17 bits per heavy atom. The van der Waals surface area contributed by atoms with Gasteiger partial charge in [0.2, 0.25) is 0 Å². The van der Waals surface area contributed by atoms with Gasteiger partial charge in [0, 0.05) is 24.7 Å². The summed E-state index contributed by atoms with van der Waals surface area (Å²) in [6.07, 6.45) is 3.18. The lowest BCUT2D eigenvalue weighted by molar-refractivity contribution is 0.0971. The van der Waals surface area contributed by atoms with Gasteiger partial charge in [-0.3, -0.25) is 9.32 Å². The highest BCUT2D eigenvalue weighted by atomic mass is 31.2. The number of phosphoric ester groups is 1. The highest BCUT2D eigenvalue weighted by Gasteiger charge is 2.25. The minimum atomic E-state index is -4.54. The number of hydrogen-bond donors (Lipinski definition) is 3. The largest absolute Gasteiger partial charge is 0.469 e. The minimum absolute atomic E-state index is 0.105. The molecule has 7 nitrogen and oxygen atoms in total. The summed E-state index contributed by atoms with van der Waals surface area (Å²) in [6, 6.07) is 10.1. The van der Waals surface area contributed by atoms with Crippen molar-refractivity contribution in [1.82, 2.24) is 4.57 Å². The second-order valence-electron chi connectivity index (χ2n) is 8.38. The summed E-state index contributed by atoms with van der Waals surface area (Å²) < 4.78 is 17.3. The summed E-state index contributed by atoms with van der Waals surface area (Å²) in [6.45, 7) is 5.63. The maximum atomic E-state index is 12.7. The molecule has 1 aromatic heterocycles. The van der Waals surface area contributed by atoms with E-state index in [1.807, 2.05) is 23.7 Å². The molecule has 0 radical (unpaired) electrons. The zero-order chi connectivity index (χ0) is 22.5. The standard InChI is InChI=1S/C22H33N2O5P/c1-16-8-9-18(14-17(16)2)6-5-7-21(25)20-11-10-19(24(20)4)12-13-22(3,23)15-29-30(26,27)28/h8-11,14H,5-7,12-13,15,23H2,1-4H3,(H2,26,27,28). The number of rotatable bonds is 11. The van der Waals surface area contributed by atoms with Gasteiger partial charge in [-0.1, -0.05) is 18.2 Å². The molecule has 0 amide bonds. The quantitative estimate of drug-likeness (QED) is 0.366. The number of aromatic nitrogens is 1. The van der Waals surface area contributed by atoms with Crippen LogP contribution in [0.1, 0.15) is 59.1 Å². The summed E-state index contributed by atoms with van der Waals surface area (Å²) in [5.41, 5.74) is 10.6. The van der Waals surface area contributed by atoms with Crippen LogP contribution in [0.15, 0.2) is 30.3 Å². The van der Waals surface area contributed by atoms with Gasteiger partial charge in [-0.05, 0) is 75.3 Å². The van der Waals surface area contributed by atoms with Gasteiger partial charge < -0.3 is 20.1 Å². The number of carbonyl (C=O) groups is 1. The Morgan fingerprint density at radius 2 is 1.87 bits per heavy atom. The van der Waals surface area contributed by atoms with Gasteiger partial charge in [0.1, 0.15) is 0 Å². The molecule has 0 aliphatic carbocycles. The molecule has 0 aliphatic heterocycles. The Kier molecular flexibility index (Phi) is 8.20. The van der Waals surface area contributed by atoms with Crippen LogP contribution in [0.5, 0.6) is 0 Å². The van der Waals surface area contributed by atoms with Crippen LogP contribution in [0.3, 0.4) is 0 Å². The first-order valence-electron chi connectivity index (χ1n) is 10.1. The predicted octanol–water partition coefficient (Wildman–Crippen LogP) is 3.61.